The fraction of sp³-hybridized carbons (Fsp3) is 0.292. The molecule has 0 bridgehead atoms. The van der Waals surface area contributed by atoms with Crippen LogP contribution in [0.3, 0.4) is 0 Å². The van der Waals surface area contributed by atoms with E-state index in [1.807, 2.05) is 31.2 Å². The SMILES string of the molecule is COCCCOc1cc2c(cc1Cl)C1=CC(O)C(C(=O)O)=CN1C(c1ccccc1C)O2. The monoisotopic (exact) mass is 457 g/mol. The number of carboxylic acids is 1. The molecule has 2 aromatic carbocycles. The second-order valence-corrected chi connectivity index (χ2v) is 8.00. The van der Waals surface area contributed by atoms with Crippen molar-refractivity contribution in [2.75, 3.05) is 20.3 Å². The molecule has 2 heterocycles. The molecule has 2 atom stereocenters. The van der Waals surface area contributed by atoms with E-state index in [1.54, 1.807) is 24.1 Å². The Kier molecular flexibility index (Phi) is 6.41. The van der Waals surface area contributed by atoms with E-state index in [1.165, 1.54) is 12.3 Å². The van der Waals surface area contributed by atoms with E-state index in [-0.39, 0.29) is 5.57 Å². The molecule has 2 aliphatic rings. The number of aliphatic carboxylic acids is 1. The van der Waals surface area contributed by atoms with E-state index in [0.717, 1.165) is 11.1 Å². The summed E-state index contributed by atoms with van der Waals surface area (Å²) in [4.78, 5) is 13.4. The fourth-order valence-electron chi connectivity index (χ4n) is 3.81. The Bertz CT molecular complexity index is 1100. The third-order valence-electron chi connectivity index (χ3n) is 5.44. The van der Waals surface area contributed by atoms with Gasteiger partial charge in [-0.05, 0) is 24.6 Å². The molecule has 0 spiro atoms. The van der Waals surface area contributed by atoms with Gasteiger partial charge in [0.15, 0.2) is 0 Å². The molecule has 2 aliphatic heterocycles. The highest BCUT2D eigenvalue weighted by Crippen LogP contribution is 2.47. The van der Waals surface area contributed by atoms with Gasteiger partial charge in [-0.2, -0.15) is 0 Å². The number of ether oxygens (including phenoxy) is 3. The van der Waals surface area contributed by atoms with Crippen molar-refractivity contribution in [2.24, 2.45) is 0 Å². The van der Waals surface area contributed by atoms with E-state index >= 15 is 0 Å². The second kappa shape index (κ2) is 9.24. The van der Waals surface area contributed by atoms with Crippen LogP contribution in [0.15, 0.2) is 54.2 Å². The van der Waals surface area contributed by atoms with Crippen LogP contribution in [-0.2, 0) is 9.53 Å². The number of carbonyl (C=O) groups is 1. The van der Waals surface area contributed by atoms with Crippen molar-refractivity contribution in [3.8, 4) is 11.5 Å². The second-order valence-electron chi connectivity index (χ2n) is 7.59. The summed E-state index contributed by atoms with van der Waals surface area (Å²) in [7, 11) is 1.63. The number of benzene rings is 2. The summed E-state index contributed by atoms with van der Waals surface area (Å²) in [6.07, 6.45) is 1.76. The number of aryl methyl sites for hydroxylation is 1. The van der Waals surface area contributed by atoms with Crippen LogP contribution < -0.4 is 9.47 Å². The normalized spacial score (nSPS) is 19.3. The number of nitrogens with zero attached hydrogens (tertiary/aromatic N) is 1. The third kappa shape index (κ3) is 4.19. The van der Waals surface area contributed by atoms with Crippen LogP contribution >= 0.6 is 11.6 Å². The number of aliphatic hydroxyl groups is 1. The molecular weight excluding hydrogens is 434 g/mol. The quantitative estimate of drug-likeness (QED) is 0.604. The van der Waals surface area contributed by atoms with Crippen LogP contribution in [0.5, 0.6) is 11.5 Å². The number of rotatable bonds is 7. The summed E-state index contributed by atoms with van der Waals surface area (Å²) in [6, 6.07) is 11.2. The summed E-state index contributed by atoms with van der Waals surface area (Å²) in [5.41, 5.74) is 2.98. The van der Waals surface area contributed by atoms with Crippen molar-refractivity contribution in [2.45, 2.75) is 25.7 Å². The molecule has 2 aromatic rings. The van der Waals surface area contributed by atoms with Gasteiger partial charge in [0.2, 0.25) is 6.23 Å². The highest BCUT2D eigenvalue weighted by Gasteiger charge is 2.37. The van der Waals surface area contributed by atoms with Gasteiger partial charge in [-0.15, -0.1) is 0 Å². The molecule has 168 valence electrons. The molecular formula is C24H24ClNO6. The third-order valence-corrected chi connectivity index (χ3v) is 5.74. The van der Waals surface area contributed by atoms with Crippen LogP contribution in [0.2, 0.25) is 5.02 Å². The van der Waals surface area contributed by atoms with E-state index in [4.69, 9.17) is 25.8 Å². The standard InChI is InChI=1S/C24H24ClNO6/c1-14-6-3-4-7-15(14)23-26-13-17(24(28)29)20(27)11-19(26)16-10-18(25)22(12-21(16)32-23)31-9-5-8-30-2/h3-4,6-7,10-13,20,23,27H,5,8-9H2,1-2H3,(H,28,29). The average molecular weight is 458 g/mol. The Hall–Kier alpha value is -3.00. The minimum Gasteiger partial charge on any atom is -0.492 e. The van der Waals surface area contributed by atoms with Gasteiger partial charge in [0.05, 0.1) is 22.9 Å². The molecule has 2 unspecified atom stereocenters. The molecule has 0 saturated carbocycles. The highest BCUT2D eigenvalue weighted by molar-refractivity contribution is 6.32. The van der Waals surface area contributed by atoms with Crippen LogP contribution in [0.1, 0.15) is 29.3 Å². The van der Waals surface area contributed by atoms with Gasteiger partial charge in [0.1, 0.15) is 17.6 Å². The van der Waals surface area contributed by atoms with E-state index in [0.29, 0.717) is 47.4 Å². The van der Waals surface area contributed by atoms with Gasteiger partial charge in [-0.3, -0.25) is 0 Å². The molecule has 0 aliphatic carbocycles. The molecule has 0 amide bonds. The van der Waals surface area contributed by atoms with Crippen molar-refractivity contribution in [1.29, 1.82) is 0 Å². The maximum Gasteiger partial charge on any atom is 0.336 e. The summed E-state index contributed by atoms with van der Waals surface area (Å²) in [6.45, 7) is 2.97. The van der Waals surface area contributed by atoms with E-state index in [9.17, 15) is 15.0 Å². The van der Waals surface area contributed by atoms with Crippen molar-refractivity contribution in [3.63, 3.8) is 0 Å². The Morgan fingerprint density at radius 2 is 2.03 bits per heavy atom. The molecule has 0 radical (unpaired) electrons. The largest absolute Gasteiger partial charge is 0.492 e. The van der Waals surface area contributed by atoms with Crippen molar-refractivity contribution in [1.82, 2.24) is 4.90 Å². The number of hydrogen-bond donors (Lipinski definition) is 2. The minimum atomic E-state index is -1.26. The Balaban J connectivity index is 1.78. The van der Waals surface area contributed by atoms with Gasteiger partial charge >= 0.3 is 5.97 Å². The Labute approximate surface area is 191 Å². The molecule has 8 heteroatoms. The zero-order chi connectivity index (χ0) is 22.8. The molecule has 0 saturated heterocycles. The van der Waals surface area contributed by atoms with E-state index in [2.05, 4.69) is 0 Å². The lowest BCUT2D eigenvalue weighted by Gasteiger charge is -2.41. The number of halogens is 1. The Morgan fingerprint density at radius 1 is 1.25 bits per heavy atom. The van der Waals surface area contributed by atoms with Crippen molar-refractivity contribution in [3.05, 3.63) is 76.0 Å². The first-order chi connectivity index (χ1) is 15.4. The number of aliphatic hydroxyl groups excluding tert-OH is 1. The summed E-state index contributed by atoms with van der Waals surface area (Å²) >= 11 is 6.47. The summed E-state index contributed by atoms with van der Waals surface area (Å²) in [5.74, 6) is -0.177. The van der Waals surface area contributed by atoms with Gasteiger partial charge in [-0.1, -0.05) is 35.9 Å². The minimum absolute atomic E-state index is 0.136. The topological polar surface area (TPSA) is 88.5 Å². The zero-order valence-electron chi connectivity index (χ0n) is 17.7. The molecule has 2 N–H and O–H groups in total. The van der Waals surface area contributed by atoms with Crippen LogP contribution in [-0.4, -0.2) is 47.5 Å². The number of hydrogen-bond acceptors (Lipinski definition) is 6. The first kappa shape index (κ1) is 22.2. The van der Waals surface area contributed by atoms with Crippen LogP contribution in [0.25, 0.3) is 5.70 Å². The molecule has 7 nitrogen and oxygen atoms in total. The van der Waals surface area contributed by atoms with Crippen molar-refractivity contribution < 1.29 is 29.2 Å². The lowest BCUT2D eigenvalue weighted by atomic mass is 9.96. The average Bonchev–Trinajstić information content (AvgIpc) is 2.76. The lowest BCUT2D eigenvalue weighted by molar-refractivity contribution is -0.133. The maximum absolute atomic E-state index is 11.7. The predicted molar refractivity (Wildman–Crippen MR) is 120 cm³/mol. The Morgan fingerprint density at radius 3 is 2.75 bits per heavy atom. The predicted octanol–water partition coefficient (Wildman–Crippen LogP) is 4.14. The molecule has 0 aromatic heterocycles. The molecule has 4 rings (SSSR count). The van der Waals surface area contributed by atoms with Crippen molar-refractivity contribution >= 4 is 23.3 Å². The molecule has 0 fully saturated rings. The first-order valence-corrected chi connectivity index (χ1v) is 10.6. The number of carboxylic acid groups (broad SMARTS) is 1. The van der Waals surface area contributed by atoms with Gasteiger partial charge in [0.25, 0.3) is 0 Å². The van der Waals surface area contributed by atoms with Gasteiger partial charge in [0, 0.05) is 43.5 Å². The zero-order valence-corrected chi connectivity index (χ0v) is 18.5. The molecule has 32 heavy (non-hydrogen) atoms. The first-order valence-electron chi connectivity index (χ1n) is 10.2. The maximum atomic E-state index is 11.7. The van der Waals surface area contributed by atoms with Gasteiger partial charge in [-0.25, -0.2) is 4.79 Å². The highest BCUT2D eigenvalue weighted by atomic mass is 35.5. The number of fused-ring (bicyclic) bond motifs is 3. The van der Waals surface area contributed by atoms with Gasteiger partial charge < -0.3 is 29.3 Å². The lowest BCUT2D eigenvalue weighted by Crippen LogP contribution is -2.36. The fourth-order valence-corrected chi connectivity index (χ4v) is 4.03. The smallest absolute Gasteiger partial charge is 0.336 e. The summed E-state index contributed by atoms with van der Waals surface area (Å²) in [5, 5.41) is 20.4. The van der Waals surface area contributed by atoms with Crippen LogP contribution in [0, 0.1) is 6.92 Å². The van der Waals surface area contributed by atoms with E-state index < -0.39 is 18.3 Å². The summed E-state index contributed by atoms with van der Waals surface area (Å²) < 4.78 is 17.2. The number of methoxy groups -OCH3 is 1. The van der Waals surface area contributed by atoms with Crippen LogP contribution in [0.4, 0.5) is 0 Å².